The molecule has 94 valence electrons. The number of nitrogens with two attached hydrogens (primary N) is 2. The number of aryl methyl sites for hydroxylation is 1. The molecular weight excluding hydrogens is 226 g/mol. The average molecular weight is 243 g/mol. The Morgan fingerprint density at radius 1 is 1.33 bits per heavy atom. The van der Waals surface area contributed by atoms with Gasteiger partial charge in [-0.3, -0.25) is 16.3 Å². The molecule has 0 bridgehead atoms. The lowest BCUT2D eigenvalue weighted by Crippen LogP contribution is -2.31. The summed E-state index contributed by atoms with van der Waals surface area (Å²) >= 11 is 0. The van der Waals surface area contributed by atoms with E-state index in [0.29, 0.717) is 5.82 Å². The number of nitrogens with zero attached hydrogens (tertiary/aromatic N) is 2. The number of anilines is 1. The molecule has 2 aromatic rings. The van der Waals surface area contributed by atoms with Crippen LogP contribution >= 0.6 is 0 Å². The number of aromatic nitrogens is 2. The van der Waals surface area contributed by atoms with Crippen LogP contribution in [0.2, 0.25) is 0 Å². The molecule has 0 saturated carbocycles. The number of hydrogen-bond donors (Lipinski definition) is 3. The van der Waals surface area contributed by atoms with Crippen molar-refractivity contribution in [2.45, 2.75) is 19.4 Å². The van der Waals surface area contributed by atoms with Gasteiger partial charge in [-0.1, -0.05) is 6.07 Å². The van der Waals surface area contributed by atoms with Gasteiger partial charge < -0.3 is 5.73 Å². The first-order valence-electron chi connectivity index (χ1n) is 5.78. The Morgan fingerprint density at radius 2 is 2.17 bits per heavy atom. The molecule has 5 N–H and O–H groups in total. The van der Waals surface area contributed by atoms with Crippen LogP contribution in [0.5, 0.6) is 0 Å². The average Bonchev–Trinajstić information content (AvgIpc) is 2.38. The van der Waals surface area contributed by atoms with Crippen molar-refractivity contribution in [3.63, 3.8) is 0 Å². The van der Waals surface area contributed by atoms with E-state index in [4.69, 9.17) is 11.6 Å². The number of nitrogen functional groups attached to an aromatic ring is 1. The number of nitrogens with one attached hydrogen (secondary N) is 1. The Kier molecular flexibility index (Phi) is 3.86. The Bertz CT molecular complexity index is 492. The standard InChI is InChI=1S/C13H17N5/c1-9-4-6-17-13(14)12(9)11(18-15)7-10-3-2-5-16-8-10/h2-6,8,11,18H,7,15H2,1H3,(H2,14,17). The Hall–Kier alpha value is -1.98. The fourth-order valence-electron chi connectivity index (χ4n) is 2.04. The van der Waals surface area contributed by atoms with E-state index < -0.39 is 0 Å². The molecule has 0 aliphatic rings. The molecule has 0 aromatic carbocycles. The molecule has 1 unspecified atom stereocenters. The largest absolute Gasteiger partial charge is 0.383 e. The molecule has 0 radical (unpaired) electrons. The second-order valence-corrected chi connectivity index (χ2v) is 4.21. The molecule has 5 heteroatoms. The predicted molar refractivity (Wildman–Crippen MR) is 71.4 cm³/mol. The van der Waals surface area contributed by atoms with Crippen LogP contribution in [0.3, 0.4) is 0 Å². The fourth-order valence-corrected chi connectivity index (χ4v) is 2.04. The summed E-state index contributed by atoms with van der Waals surface area (Å²) in [4.78, 5) is 8.21. The molecule has 2 aromatic heterocycles. The van der Waals surface area contributed by atoms with Gasteiger partial charge in [0, 0.05) is 24.2 Å². The summed E-state index contributed by atoms with van der Waals surface area (Å²) in [7, 11) is 0. The first kappa shape index (κ1) is 12.5. The highest BCUT2D eigenvalue weighted by atomic mass is 15.2. The van der Waals surface area contributed by atoms with Gasteiger partial charge >= 0.3 is 0 Å². The van der Waals surface area contributed by atoms with Crippen LogP contribution in [0.15, 0.2) is 36.8 Å². The maximum absolute atomic E-state index is 5.93. The fraction of sp³-hybridized carbons (Fsp3) is 0.231. The third kappa shape index (κ3) is 2.64. The minimum absolute atomic E-state index is 0.0668. The van der Waals surface area contributed by atoms with Gasteiger partial charge in [0.15, 0.2) is 0 Å². The van der Waals surface area contributed by atoms with Crippen molar-refractivity contribution in [3.8, 4) is 0 Å². The summed E-state index contributed by atoms with van der Waals surface area (Å²) in [5.41, 5.74) is 11.9. The molecule has 18 heavy (non-hydrogen) atoms. The lowest BCUT2D eigenvalue weighted by Gasteiger charge is -2.19. The van der Waals surface area contributed by atoms with E-state index in [-0.39, 0.29) is 6.04 Å². The van der Waals surface area contributed by atoms with Gasteiger partial charge in [0.25, 0.3) is 0 Å². The van der Waals surface area contributed by atoms with E-state index in [1.807, 2.05) is 31.3 Å². The molecule has 0 amide bonds. The molecule has 0 aliphatic carbocycles. The topological polar surface area (TPSA) is 89.8 Å². The van der Waals surface area contributed by atoms with Gasteiger partial charge in [0.05, 0.1) is 6.04 Å². The zero-order valence-electron chi connectivity index (χ0n) is 10.3. The predicted octanol–water partition coefficient (Wildman–Crippen LogP) is 1.11. The monoisotopic (exact) mass is 243 g/mol. The lowest BCUT2D eigenvalue weighted by atomic mass is 9.97. The van der Waals surface area contributed by atoms with Crippen molar-refractivity contribution in [2.24, 2.45) is 5.84 Å². The summed E-state index contributed by atoms with van der Waals surface area (Å²) in [5, 5.41) is 0. The number of hydrazine groups is 1. The van der Waals surface area contributed by atoms with Gasteiger partial charge in [-0.05, 0) is 36.6 Å². The van der Waals surface area contributed by atoms with Crippen LogP contribution in [-0.4, -0.2) is 9.97 Å². The highest BCUT2D eigenvalue weighted by Crippen LogP contribution is 2.24. The SMILES string of the molecule is Cc1ccnc(N)c1C(Cc1cccnc1)NN. The van der Waals surface area contributed by atoms with E-state index in [0.717, 1.165) is 23.1 Å². The molecule has 0 saturated heterocycles. The Labute approximate surface area is 106 Å². The molecule has 0 fully saturated rings. The van der Waals surface area contributed by atoms with Gasteiger partial charge in [-0.15, -0.1) is 0 Å². The quantitative estimate of drug-likeness (QED) is 0.553. The van der Waals surface area contributed by atoms with Crippen molar-refractivity contribution < 1.29 is 0 Å². The lowest BCUT2D eigenvalue weighted by molar-refractivity contribution is 0.549. The second-order valence-electron chi connectivity index (χ2n) is 4.21. The third-order valence-corrected chi connectivity index (χ3v) is 2.95. The van der Waals surface area contributed by atoms with Crippen LogP contribution in [0.4, 0.5) is 5.82 Å². The highest BCUT2D eigenvalue weighted by Gasteiger charge is 2.16. The molecular formula is C13H17N5. The van der Waals surface area contributed by atoms with E-state index in [2.05, 4.69) is 15.4 Å². The minimum atomic E-state index is -0.0668. The maximum Gasteiger partial charge on any atom is 0.128 e. The number of pyridine rings is 2. The van der Waals surface area contributed by atoms with Crippen molar-refractivity contribution in [1.29, 1.82) is 0 Å². The van der Waals surface area contributed by atoms with Crippen molar-refractivity contribution >= 4 is 5.82 Å². The number of rotatable bonds is 4. The highest BCUT2D eigenvalue weighted by molar-refractivity contribution is 5.46. The minimum Gasteiger partial charge on any atom is -0.383 e. The van der Waals surface area contributed by atoms with Crippen LogP contribution in [0.1, 0.15) is 22.7 Å². The van der Waals surface area contributed by atoms with Gasteiger partial charge in [0.2, 0.25) is 0 Å². The summed E-state index contributed by atoms with van der Waals surface area (Å²) in [6, 6.07) is 5.78. The molecule has 0 aliphatic heterocycles. The molecule has 5 nitrogen and oxygen atoms in total. The van der Waals surface area contributed by atoms with E-state index in [9.17, 15) is 0 Å². The zero-order chi connectivity index (χ0) is 13.0. The normalized spacial score (nSPS) is 12.3. The van der Waals surface area contributed by atoms with Gasteiger partial charge in [-0.25, -0.2) is 4.98 Å². The van der Waals surface area contributed by atoms with Gasteiger partial charge in [0.1, 0.15) is 5.82 Å². The third-order valence-electron chi connectivity index (χ3n) is 2.95. The van der Waals surface area contributed by atoms with Crippen LogP contribution in [0.25, 0.3) is 0 Å². The summed E-state index contributed by atoms with van der Waals surface area (Å²) in [5.74, 6) is 6.15. The van der Waals surface area contributed by atoms with Crippen LogP contribution < -0.4 is 17.0 Å². The first-order valence-corrected chi connectivity index (χ1v) is 5.78. The molecule has 2 rings (SSSR count). The van der Waals surface area contributed by atoms with Gasteiger partial charge in [-0.2, -0.15) is 0 Å². The number of hydrogen-bond acceptors (Lipinski definition) is 5. The smallest absolute Gasteiger partial charge is 0.128 e. The van der Waals surface area contributed by atoms with Crippen molar-refractivity contribution in [1.82, 2.24) is 15.4 Å². The first-order chi connectivity index (χ1) is 8.72. The summed E-state index contributed by atoms with van der Waals surface area (Å²) in [6.45, 7) is 2.00. The summed E-state index contributed by atoms with van der Waals surface area (Å²) < 4.78 is 0. The molecule has 1 atom stereocenters. The van der Waals surface area contributed by atoms with Crippen molar-refractivity contribution in [3.05, 3.63) is 53.5 Å². The zero-order valence-corrected chi connectivity index (χ0v) is 10.3. The summed E-state index contributed by atoms with van der Waals surface area (Å²) in [6.07, 6.45) is 6.00. The van der Waals surface area contributed by atoms with E-state index in [1.165, 1.54) is 0 Å². The Morgan fingerprint density at radius 3 is 2.78 bits per heavy atom. The Balaban J connectivity index is 2.29. The maximum atomic E-state index is 5.93. The van der Waals surface area contributed by atoms with Crippen LogP contribution in [-0.2, 0) is 6.42 Å². The van der Waals surface area contributed by atoms with E-state index >= 15 is 0 Å². The van der Waals surface area contributed by atoms with Crippen LogP contribution in [0, 0.1) is 6.92 Å². The van der Waals surface area contributed by atoms with Crippen molar-refractivity contribution in [2.75, 3.05) is 5.73 Å². The molecule has 0 spiro atoms. The van der Waals surface area contributed by atoms with E-state index in [1.54, 1.807) is 12.4 Å². The second kappa shape index (κ2) is 5.57. The molecule has 2 heterocycles.